The molecule has 0 fully saturated rings. The zero-order valence-electron chi connectivity index (χ0n) is 15.4. The minimum absolute atomic E-state index is 0.0118. The van der Waals surface area contributed by atoms with Gasteiger partial charge in [0.15, 0.2) is 5.78 Å². The van der Waals surface area contributed by atoms with Gasteiger partial charge in [0.05, 0.1) is 17.5 Å². The lowest BCUT2D eigenvalue weighted by Crippen LogP contribution is -2.37. The Kier molecular flexibility index (Phi) is 7.04. The van der Waals surface area contributed by atoms with Gasteiger partial charge >= 0.3 is 5.97 Å². The van der Waals surface area contributed by atoms with E-state index in [4.69, 9.17) is 10.5 Å². The number of benzene rings is 1. The van der Waals surface area contributed by atoms with Gasteiger partial charge < -0.3 is 10.5 Å². The molecule has 5 nitrogen and oxygen atoms in total. The van der Waals surface area contributed by atoms with E-state index in [1.54, 1.807) is 0 Å². The van der Waals surface area contributed by atoms with E-state index in [1.807, 2.05) is 50.2 Å². The first-order valence-electron chi connectivity index (χ1n) is 8.83. The first kappa shape index (κ1) is 19.8. The largest absolute Gasteiger partial charge is 0.461 e. The van der Waals surface area contributed by atoms with Crippen molar-refractivity contribution in [2.75, 3.05) is 6.61 Å². The molecule has 26 heavy (non-hydrogen) atoms. The molecular formula is C21H26N2O3. The van der Waals surface area contributed by atoms with Crippen molar-refractivity contribution < 1.29 is 14.3 Å². The molecule has 0 bridgehead atoms. The van der Waals surface area contributed by atoms with E-state index in [-0.39, 0.29) is 30.7 Å². The Morgan fingerprint density at radius 1 is 1.23 bits per heavy atom. The van der Waals surface area contributed by atoms with Crippen LogP contribution >= 0.6 is 0 Å². The fourth-order valence-electron chi connectivity index (χ4n) is 2.77. The Morgan fingerprint density at radius 3 is 2.65 bits per heavy atom. The van der Waals surface area contributed by atoms with Crippen molar-refractivity contribution in [1.82, 2.24) is 4.98 Å². The summed E-state index contributed by atoms with van der Waals surface area (Å²) in [6, 6.07) is 10.9. The Morgan fingerprint density at radius 2 is 1.96 bits per heavy atom. The number of carbonyl (C=O) groups is 2. The number of Topliss-reactive ketones (excluding diaryl/α,β-unsaturated/α-hetero) is 1. The molecule has 0 saturated carbocycles. The predicted molar refractivity (Wildman–Crippen MR) is 103 cm³/mol. The Labute approximate surface area is 154 Å². The number of fused-ring (bicyclic) bond motifs is 1. The highest BCUT2D eigenvalue weighted by Crippen LogP contribution is 2.19. The van der Waals surface area contributed by atoms with Gasteiger partial charge in [0.2, 0.25) is 0 Å². The molecule has 2 N–H and O–H groups in total. The number of nitrogens with two attached hydrogens (primary N) is 1. The Hall–Kier alpha value is -2.53. The number of esters is 1. The highest BCUT2D eigenvalue weighted by atomic mass is 16.5. The first-order valence-corrected chi connectivity index (χ1v) is 8.83. The number of ether oxygens (including phenoxy) is 1. The van der Waals surface area contributed by atoms with Crippen LogP contribution in [0.2, 0.25) is 0 Å². The van der Waals surface area contributed by atoms with Crippen LogP contribution in [0.4, 0.5) is 0 Å². The molecule has 0 aliphatic heterocycles. The molecule has 0 unspecified atom stereocenters. The van der Waals surface area contributed by atoms with Gasteiger partial charge in [-0.1, -0.05) is 50.8 Å². The Bertz CT molecular complexity index is 786. The summed E-state index contributed by atoms with van der Waals surface area (Å²) in [4.78, 5) is 29.2. The molecule has 1 aromatic carbocycles. The maximum Gasteiger partial charge on any atom is 0.309 e. The molecule has 0 spiro atoms. The first-order chi connectivity index (χ1) is 12.4. The van der Waals surface area contributed by atoms with Gasteiger partial charge in [0.25, 0.3) is 0 Å². The summed E-state index contributed by atoms with van der Waals surface area (Å²) in [7, 11) is 0. The lowest BCUT2D eigenvalue weighted by Gasteiger charge is -2.20. The van der Waals surface area contributed by atoms with Crippen LogP contribution in [-0.4, -0.2) is 29.4 Å². The Balaban J connectivity index is 2.02. The van der Waals surface area contributed by atoms with Gasteiger partial charge in [0, 0.05) is 23.9 Å². The molecule has 1 heterocycles. The van der Waals surface area contributed by atoms with E-state index >= 15 is 0 Å². The van der Waals surface area contributed by atoms with Crippen molar-refractivity contribution in [2.45, 2.75) is 32.7 Å². The number of nitrogens with zero attached hydrogens (tertiary/aromatic N) is 1. The lowest BCUT2D eigenvalue weighted by molar-refractivity contribution is -0.150. The van der Waals surface area contributed by atoms with E-state index in [9.17, 15) is 9.59 Å². The van der Waals surface area contributed by atoms with Crippen LogP contribution in [0.5, 0.6) is 0 Å². The molecule has 138 valence electrons. The van der Waals surface area contributed by atoms with Gasteiger partial charge in [-0.15, -0.1) is 0 Å². The number of aromatic nitrogens is 1. The molecule has 2 rings (SSSR count). The second-order valence-corrected chi connectivity index (χ2v) is 6.75. The van der Waals surface area contributed by atoms with Crippen LogP contribution in [0.3, 0.4) is 0 Å². The van der Waals surface area contributed by atoms with Crippen molar-refractivity contribution in [3.8, 4) is 0 Å². The van der Waals surface area contributed by atoms with E-state index in [0.717, 1.165) is 16.6 Å². The van der Waals surface area contributed by atoms with Crippen LogP contribution < -0.4 is 5.73 Å². The van der Waals surface area contributed by atoms with Crippen molar-refractivity contribution in [1.29, 1.82) is 0 Å². The van der Waals surface area contributed by atoms with Crippen molar-refractivity contribution in [2.24, 2.45) is 17.6 Å². The third kappa shape index (κ3) is 5.23. The molecule has 0 radical (unpaired) electrons. The molecule has 0 amide bonds. The minimum atomic E-state index is -0.697. The van der Waals surface area contributed by atoms with Crippen LogP contribution in [0.15, 0.2) is 49.1 Å². The lowest BCUT2D eigenvalue weighted by atomic mass is 9.88. The number of ketones is 1. The average molecular weight is 354 g/mol. The summed E-state index contributed by atoms with van der Waals surface area (Å²) in [6.07, 6.45) is 1.92. The normalized spacial score (nSPS) is 13.4. The van der Waals surface area contributed by atoms with Crippen molar-refractivity contribution >= 4 is 22.7 Å². The second kappa shape index (κ2) is 9.25. The highest BCUT2D eigenvalue weighted by molar-refractivity contribution is 5.88. The molecule has 2 aromatic rings. The third-order valence-electron chi connectivity index (χ3n) is 4.37. The van der Waals surface area contributed by atoms with Gasteiger partial charge in [-0.05, 0) is 18.1 Å². The molecule has 0 saturated heterocycles. The number of para-hydroxylation sites is 1. The molecule has 0 aliphatic carbocycles. The van der Waals surface area contributed by atoms with E-state index in [2.05, 4.69) is 11.6 Å². The van der Waals surface area contributed by atoms with E-state index in [0.29, 0.717) is 6.42 Å². The van der Waals surface area contributed by atoms with Crippen molar-refractivity contribution in [3.05, 3.63) is 54.7 Å². The zero-order valence-corrected chi connectivity index (χ0v) is 15.4. The van der Waals surface area contributed by atoms with Crippen LogP contribution in [0.1, 0.15) is 26.0 Å². The average Bonchev–Trinajstić information content (AvgIpc) is 2.63. The maximum atomic E-state index is 12.5. The fraction of sp³-hybridized carbons (Fsp3) is 0.381. The molecule has 2 atom stereocenters. The molecule has 0 aliphatic rings. The number of rotatable bonds is 9. The van der Waals surface area contributed by atoms with Crippen LogP contribution in [0.25, 0.3) is 10.9 Å². The smallest absolute Gasteiger partial charge is 0.309 e. The number of hydrogen-bond donors (Lipinski definition) is 1. The summed E-state index contributed by atoms with van der Waals surface area (Å²) in [5, 5.41) is 1.04. The maximum absolute atomic E-state index is 12.5. The van der Waals surface area contributed by atoms with Gasteiger partial charge in [-0.25, -0.2) is 0 Å². The van der Waals surface area contributed by atoms with Crippen LogP contribution in [0, 0.1) is 11.8 Å². The molecule has 5 heteroatoms. The third-order valence-corrected chi connectivity index (χ3v) is 4.37. The SMILES string of the molecule is C=CCOC(=O)[C@@H](CC(=O)[C@@H](N)Cc1ccc2ccccc2n1)C(C)C. The summed E-state index contributed by atoms with van der Waals surface area (Å²) >= 11 is 0. The van der Waals surface area contributed by atoms with Crippen molar-refractivity contribution in [3.63, 3.8) is 0 Å². The summed E-state index contributed by atoms with van der Waals surface area (Å²) in [5.74, 6) is -1.06. The van der Waals surface area contributed by atoms with E-state index < -0.39 is 12.0 Å². The predicted octanol–water partition coefficient (Wildman–Crippen LogP) is 3.07. The number of carbonyl (C=O) groups excluding carboxylic acids is 2. The topological polar surface area (TPSA) is 82.3 Å². The molecule has 1 aromatic heterocycles. The quantitative estimate of drug-likeness (QED) is 0.553. The monoisotopic (exact) mass is 354 g/mol. The summed E-state index contributed by atoms with van der Waals surface area (Å²) in [6.45, 7) is 7.45. The van der Waals surface area contributed by atoms with Gasteiger partial charge in [-0.2, -0.15) is 0 Å². The number of pyridine rings is 1. The fourth-order valence-corrected chi connectivity index (χ4v) is 2.77. The summed E-state index contributed by atoms with van der Waals surface area (Å²) in [5.41, 5.74) is 7.72. The van der Waals surface area contributed by atoms with Gasteiger partial charge in [0.1, 0.15) is 6.61 Å². The highest BCUT2D eigenvalue weighted by Gasteiger charge is 2.28. The molecular weight excluding hydrogens is 328 g/mol. The van der Waals surface area contributed by atoms with Gasteiger partial charge in [-0.3, -0.25) is 14.6 Å². The minimum Gasteiger partial charge on any atom is -0.461 e. The zero-order chi connectivity index (χ0) is 19.1. The van der Waals surface area contributed by atoms with Crippen LogP contribution in [-0.2, 0) is 20.7 Å². The summed E-state index contributed by atoms with van der Waals surface area (Å²) < 4.78 is 5.10. The number of hydrogen-bond acceptors (Lipinski definition) is 5. The van der Waals surface area contributed by atoms with E-state index in [1.165, 1.54) is 6.08 Å². The second-order valence-electron chi connectivity index (χ2n) is 6.75. The standard InChI is InChI=1S/C21H26N2O3/c1-4-11-26-21(25)17(14(2)3)13-20(24)18(22)12-16-10-9-15-7-5-6-8-19(15)23-16/h4-10,14,17-18H,1,11-13,22H2,2-3H3/t17-,18-/m0/s1.